The molecule has 0 aromatic carbocycles. The predicted molar refractivity (Wildman–Crippen MR) is 66.0 cm³/mol. The molecular weight excluding hydrogens is 196 g/mol. The Morgan fingerprint density at radius 1 is 1.00 bits per heavy atom. The van der Waals surface area contributed by atoms with Crippen LogP contribution in [0.5, 0.6) is 0 Å². The van der Waals surface area contributed by atoms with E-state index < -0.39 is 0 Å². The molecule has 92 valence electrons. The van der Waals surface area contributed by atoms with Crippen molar-refractivity contribution in [3.63, 3.8) is 0 Å². The summed E-state index contributed by atoms with van der Waals surface area (Å²) in [6.07, 6.45) is 8.37. The summed E-state index contributed by atoms with van der Waals surface area (Å²) in [7, 11) is 0. The van der Waals surface area contributed by atoms with Crippen LogP contribution in [0.15, 0.2) is 0 Å². The minimum Gasteiger partial charge on any atom is -0.393 e. The average molecular weight is 222 g/mol. The van der Waals surface area contributed by atoms with Gasteiger partial charge in [0.25, 0.3) is 0 Å². The molecule has 0 aromatic rings. The van der Waals surface area contributed by atoms with Crippen LogP contribution < -0.4 is 0 Å². The van der Waals surface area contributed by atoms with Crippen LogP contribution in [-0.4, -0.2) is 11.2 Å². The molecule has 0 aliphatic heterocycles. The summed E-state index contributed by atoms with van der Waals surface area (Å²) in [5, 5.41) is 10.5. The van der Waals surface area contributed by atoms with Crippen molar-refractivity contribution >= 4 is 0 Å². The first-order valence-electron chi connectivity index (χ1n) is 7.37. The first-order valence-corrected chi connectivity index (χ1v) is 7.37. The second kappa shape index (κ2) is 4.01. The third-order valence-electron chi connectivity index (χ3n) is 5.92. The maximum Gasteiger partial charge on any atom is 0.0599 e. The van der Waals surface area contributed by atoms with Crippen LogP contribution in [0.3, 0.4) is 0 Å². The molecule has 4 bridgehead atoms. The van der Waals surface area contributed by atoms with E-state index in [1.165, 1.54) is 32.1 Å². The molecule has 2 unspecified atom stereocenters. The Kier molecular flexibility index (Phi) is 2.78. The van der Waals surface area contributed by atoms with E-state index in [-0.39, 0.29) is 6.10 Å². The molecule has 4 aliphatic rings. The van der Waals surface area contributed by atoms with E-state index in [1.54, 1.807) is 0 Å². The van der Waals surface area contributed by atoms with Crippen LogP contribution in [0.4, 0.5) is 0 Å². The summed E-state index contributed by atoms with van der Waals surface area (Å²) >= 11 is 0. The zero-order valence-corrected chi connectivity index (χ0v) is 10.7. The van der Waals surface area contributed by atoms with Crippen LogP contribution >= 0.6 is 0 Å². The van der Waals surface area contributed by atoms with E-state index >= 15 is 0 Å². The van der Waals surface area contributed by atoms with Crippen molar-refractivity contribution in [1.82, 2.24) is 0 Å². The Bertz CT molecular complexity index is 229. The minimum atomic E-state index is -0.0139. The fourth-order valence-electron chi connectivity index (χ4n) is 5.15. The lowest BCUT2D eigenvalue weighted by molar-refractivity contribution is -0.104. The van der Waals surface area contributed by atoms with Gasteiger partial charge in [0.05, 0.1) is 6.10 Å². The first-order chi connectivity index (χ1) is 7.69. The zero-order valence-electron chi connectivity index (χ0n) is 10.7. The lowest BCUT2D eigenvalue weighted by atomic mass is 9.50. The quantitative estimate of drug-likeness (QED) is 0.775. The van der Waals surface area contributed by atoms with Gasteiger partial charge in [-0.15, -0.1) is 0 Å². The van der Waals surface area contributed by atoms with Gasteiger partial charge in [-0.05, 0) is 67.6 Å². The van der Waals surface area contributed by atoms with E-state index in [0.29, 0.717) is 11.8 Å². The molecule has 4 fully saturated rings. The number of aliphatic hydroxyl groups excluding tert-OH is 1. The number of aliphatic hydroxyl groups is 1. The zero-order chi connectivity index (χ0) is 11.3. The summed E-state index contributed by atoms with van der Waals surface area (Å²) in [5.41, 5.74) is 0. The molecule has 1 N–H and O–H groups in total. The van der Waals surface area contributed by atoms with Crippen LogP contribution in [0.2, 0.25) is 0 Å². The topological polar surface area (TPSA) is 20.2 Å². The largest absolute Gasteiger partial charge is 0.393 e. The summed E-state index contributed by atoms with van der Waals surface area (Å²) < 4.78 is 0. The van der Waals surface area contributed by atoms with Gasteiger partial charge in [0.15, 0.2) is 0 Å². The van der Waals surface area contributed by atoms with Gasteiger partial charge in [0, 0.05) is 0 Å². The van der Waals surface area contributed by atoms with E-state index in [2.05, 4.69) is 13.8 Å². The Morgan fingerprint density at radius 3 is 1.94 bits per heavy atom. The monoisotopic (exact) mass is 222 g/mol. The molecule has 1 heteroatoms. The third-order valence-corrected chi connectivity index (χ3v) is 5.92. The van der Waals surface area contributed by atoms with E-state index in [1.807, 2.05) is 0 Å². The number of hydrogen-bond acceptors (Lipinski definition) is 1. The van der Waals surface area contributed by atoms with Crippen molar-refractivity contribution in [3.05, 3.63) is 0 Å². The van der Waals surface area contributed by atoms with E-state index in [9.17, 15) is 5.11 Å². The van der Waals surface area contributed by atoms with Crippen molar-refractivity contribution in [2.45, 2.75) is 58.5 Å². The highest BCUT2D eigenvalue weighted by molar-refractivity contribution is 5.00. The van der Waals surface area contributed by atoms with Gasteiger partial charge in [0.1, 0.15) is 0 Å². The van der Waals surface area contributed by atoms with Crippen LogP contribution in [-0.2, 0) is 0 Å². The Balaban J connectivity index is 1.76. The fraction of sp³-hybridized carbons (Fsp3) is 1.00. The van der Waals surface area contributed by atoms with Gasteiger partial charge in [-0.25, -0.2) is 0 Å². The second-order valence-corrected chi connectivity index (χ2v) is 6.88. The molecule has 4 saturated carbocycles. The third kappa shape index (κ3) is 1.63. The molecule has 4 aliphatic carbocycles. The Hall–Kier alpha value is -0.0400. The van der Waals surface area contributed by atoms with Gasteiger partial charge >= 0.3 is 0 Å². The maximum atomic E-state index is 10.5. The van der Waals surface area contributed by atoms with Crippen molar-refractivity contribution in [2.24, 2.45) is 35.5 Å². The first kappa shape index (κ1) is 11.1. The molecule has 0 aromatic heterocycles. The molecule has 1 nitrogen and oxygen atoms in total. The molecule has 0 radical (unpaired) electrons. The maximum absolute atomic E-state index is 10.5. The van der Waals surface area contributed by atoms with Gasteiger partial charge in [-0.2, -0.15) is 0 Å². The normalized spacial score (nSPS) is 49.3. The Labute approximate surface area is 99.6 Å². The Morgan fingerprint density at radius 2 is 1.50 bits per heavy atom. The molecular formula is C15H26O. The molecule has 0 saturated heterocycles. The molecule has 0 amide bonds. The van der Waals surface area contributed by atoms with Crippen molar-refractivity contribution < 1.29 is 5.11 Å². The number of rotatable bonds is 3. The van der Waals surface area contributed by atoms with Crippen LogP contribution in [0.1, 0.15) is 52.4 Å². The number of hydrogen-bond donors (Lipinski definition) is 1. The van der Waals surface area contributed by atoms with Crippen molar-refractivity contribution in [3.8, 4) is 0 Å². The fourth-order valence-corrected chi connectivity index (χ4v) is 5.15. The van der Waals surface area contributed by atoms with Gasteiger partial charge < -0.3 is 5.11 Å². The minimum absolute atomic E-state index is 0.0139. The van der Waals surface area contributed by atoms with Crippen molar-refractivity contribution in [2.75, 3.05) is 0 Å². The highest BCUT2D eigenvalue weighted by Gasteiger charge is 2.50. The average Bonchev–Trinajstić information content (AvgIpc) is 2.26. The summed E-state index contributed by atoms with van der Waals surface area (Å²) in [5.74, 6) is 4.97. The lowest BCUT2D eigenvalue weighted by Crippen LogP contribution is -2.50. The molecule has 16 heavy (non-hydrogen) atoms. The molecule has 0 heterocycles. The van der Waals surface area contributed by atoms with Crippen LogP contribution in [0, 0.1) is 35.5 Å². The van der Waals surface area contributed by atoms with E-state index in [0.717, 1.165) is 30.1 Å². The van der Waals surface area contributed by atoms with Crippen LogP contribution in [0.25, 0.3) is 0 Å². The molecule has 2 atom stereocenters. The van der Waals surface area contributed by atoms with Gasteiger partial charge in [-0.3, -0.25) is 0 Å². The molecule has 4 rings (SSSR count). The highest BCUT2D eigenvalue weighted by atomic mass is 16.3. The summed E-state index contributed by atoms with van der Waals surface area (Å²) in [6, 6.07) is 0. The SMILES string of the molecule is CCC(C)C(O)C1C2CC3CC(C2)CC1C3. The summed E-state index contributed by atoms with van der Waals surface area (Å²) in [4.78, 5) is 0. The van der Waals surface area contributed by atoms with Gasteiger partial charge in [-0.1, -0.05) is 20.3 Å². The second-order valence-electron chi connectivity index (χ2n) is 6.88. The van der Waals surface area contributed by atoms with E-state index in [4.69, 9.17) is 0 Å². The van der Waals surface area contributed by atoms with Crippen molar-refractivity contribution in [1.29, 1.82) is 0 Å². The summed E-state index contributed by atoms with van der Waals surface area (Å²) in [6.45, 7) is 4.44. The lowest BCUT2D eigenvalue weighted by Gasteiger charge is -2.56. The standard InChI is InChI=1S/C15H26O/c1-3-9(2)15(16)14-12-5-10-4-11(7-12)8-13(14)6-10/h9-16H,3-8H2,1-2H3. The predicted octanol–water partition coefficient (Wildman–Crippen LogP) is 3.47. The highest BCUT2D eigenvalue weighted by Crippen LogP contribution is 2.57. The molecule has 0 spiro atoms. The van der Waals surface area contributed by atoms with Gasteiger partial charge in [0.2, 0.25) is 0 Å². The smallest absolute Gasteiger partial charge is 0.0599 e.